The number of hydrogen-bond acceptors (Lipinski definition) is 2. The number of rotatable bonds is 2. The van der Waals surface area contributed by atoms with Gasteiger partial charge in [-0.25, -0.2) is 4.79 Å². The topological polar surface area (TPSA) is 49.7 Å². The van der Waals surface area contributed by atoms with Crippen molar-refractivity contribution < 1.29 is 9.90 Å². The molecule has 0 unspecified atom stereocenters. The number of aryl methyl sites for hydroxylation is 1. The molecule has 0 bridgehead atoms. The first-order valence-electron chi connectivity index (χ1n) is 3.93. The number of carboxylic acid groups (broad SMARTS) is 1. The molecule has 1 N–H and O–H groups in total. The summed E-state index contributed by atoms with van der Waals surface area (Å²) < 4.78 is 0. The van der Waals surface area contributed by atoms with Crippen LogP contribution >= 0.6 is 0 Å². The third-order valence-corrected chi connectivity index (χ3v) is 1.83. The molecule has 0 fully saturated rings. The molecule has 68 valence electrons. The molecule has 13 heavy (non-hydrogen) atoms. The number of nitrogens with zero attached hydrogens (tertiary/aromatic N) is 1. The number of carboxylic acids is 1. The Morgan fingerprint density at radius 2 is 2.00 bits per heavy atom. The van der Waals surface area contributed by atoms with Crippen LogP contribution in [0.4, 0.5) is 0 Å². The quantitative estimate of drug-likeness (QED) is 0.696. The van der Waals surface area contributed by atoms with E-state index in [-0.39, 0.29) is 5.71 Å². The van der Waals surface area contributed by atoms with Gasteiger partial charge in [0.1, 0.15) is 5.71 Å². The third kappa shape index (κ3) is 1.93. The summed E-state index contributed by atoms with van der Waals surface area (Å²) in [5, 5.41) is 8.82. The first kappa shape index (κ1) is 9.45. The van der Waals surface area contributed by atoms with Gasteiger partial charge in [0.2, 0.25) is 0 Å². The maximum absolute atomic E-state index is 10.8. The fourth-order valence-corrected chi connectivity index (χ4v) is 1.17. The van der Waals surface area contributed by atoms with Crippen LogP contribution in [0.3, 0.4) is 0 Å². The molecule has 0 aliphatic rings. The molecule has 1 rings (SSSR count). The Morgan fingerprint density at radius 1 is 1.38 bits per heavy atom. The molecule has 0 aliphatic carbocycles. The third-order valence-electron chi connectivity index (χ3n) is 1.83. The lowest BCUT2D eigenvalue weighted by Crippen LogP contribution is -2.15. The van der Waals surface area contributed by atoms with E-state index < -0.39 is 5.97 Å². The van der Waals surface area contributed by atoms with Gasteiger partial charge < -0.3 is 5.11 Å². The number of aliphatic imine (C=N–C) groups is 1. The number of aliphatic carboxylic acids is 1. The van der Waals surface area contributed by atoms with Gasteiger partial charge >= 0.3 is 5.97 Å². The van der Waals surface area contributed by atoms with Gasteiger partial charge in [0.15, 0.2) is 0 Å². The standard InChI is InChI=1S/C10H11NO2/c1-7-5-3-4-6-8(7)9(11-2)10(12)13/h3-6H,1-2H3,(H,12,13). The fraction of sp³-hybridized carbons (Fsp3) is 0.200. The van der Waals surface area contributed by atoms with Crippen LogP contribution in [-0.4, -0.2) is 23.8 Å². The van der Waals surface area contributed by atoms with Crippen molar-refractivity contribution in [3.63, 3.8) is 0 Å². The second-order valence-corrected chi connectivity index (χ2v) is 2.69. The summed E-state index contributed by atoms with van der Waals surface area (Å²) in [6.45, 7) is 1.86. The molecule has 0 spiro atoms. The van der Waals surface area contributed by atoms with E-state index in [0.29, 0.717) is 5.56 Å². The van der Waals surface area contributed by atoms with Crippen molar-refractivity contribution in [2.45, 2.75) is 6.92 Å². The molecule has 3 nitrogen and oxygen atoms in total. The van der Waals surface area contributed by atoms with Crippen LogP contribution in [-0.2, 0) is 4.79 Å². The molecule has 0 amide bonds. The minimum Gasteiger partial charge on any atom is -0.477 e. The Labute approximate surface area is 76.7 Å². The average Bonchev–Trinajstić information content (AvgIpc) is 2.09. The zero-order valence-corrected chi connectivity index (χ0v) is 7.61. The molecular weight excluding hydrogens is 166 g/mol. The summed E-state index contributed by atoms with van der Waals surface area (Å²) in [5.41, 5.74) is 1.71. The first-order chi connectivity index (χ1) is 6.16. The molecule has 1 aromatic carbocycles. The van der Waals surface area contributed by atoms with E-state index in [0.717, 1.165) is 5.56 Å². The second kappa shape index (κ2) is 3.85. The second-order valence-electron chi connectivity index (χ2n) is 2.69. The molecule has 0 saturated heterocycles. The zero-order valence-electron chi connectivity index (χ0n) is 7.61. The van der Waals surface area contributed by atoms with Gasteiger partial charge in [-0.2, -0.15) is 0 Å². The summed E-state index contributed by atoms with van der Waals surface area (Å²) in [7, 11) is 1.48. The van der Waals surface area contributed by atoms with Gasteiger partial charge in [-0.15, -0.1) is 0 Å². The zero-order chi connectivity index (χ0) is 9.84. The van der Waals surface area contributed by atoms with Crippen LogP contribution in [0, 0.1) is 6.92 Å². The Hall–Kier alpha value is -1.64. The summed E-state index contributed by atoms with van der Waals surface area (Å²) in [5.74, 6) is -0.989. The number of carbonyl (C=O) groups is 1. The normalized spacial score (nSPS) is 11.4. The molecule has 3 heteroatoms. The van der Waals surface area contributed by atoms with Gasteiger partial charge in [0, 0.05) is 12.6 Å². The van der Waals surface area contributed by atoms with E-state index in [1.165, 1.54) is 7.05 Å². The van der Waals surface area contributed by atoms with E-state index in [2.05, 4.69) is 4.99 Å². The van der Waals surface area contributed by atoms with E-state index >= 15 is 0 Å². The van der Waals surface area contributed by atoms with Gasteiger partial charge in [-0.3, -0.25) is 4.99 Å². The smallest absolute Gasteiger partial charge is 0.354 e. The first-order valence-corrected chi connectivity index (χ1v) is 3.93. The van der Waals surface area contributed by atoms with Gasteiger partial charge in [-0.05, 0) is 12.5 Å². The van der Waals surface area contributed by atoms with Gasteiger partial charge in [0.05, 0.1) is 0 Å². The Balaban J connectivity index is 3.21. The predicted octanol–water partition coefficient (Wildman–Crippen LogP) is 1.50. The highest BCUT2D eigenvalue weighted by Crippen LogP contribution is 2.08. The van der Waals surface area contributed by atoms with Crippen molar-refractivity contribution in [3.8, 4) is 0 Å². The summed E-state index contributed by atoms with van der Waals surface area (Å²) in [6.07, 6.45) is 0. The van der Waals surface area contributed by atoms with Crippen molar-refractivity contribution in [3.05, 3.63) is 35.4 Å². The average molecular weight is 177 g/mol. The van der Waals surface area contributed by atoms with Crippen LogP contribution < -0.4 is 0 Å². The van der Waals surface area contributed by atoms with E-state index in [4.69, 9.17) is 5.11 Å². The van der Waals surface area contributed by atoms with E-state index in [1.54, 1.807) is 12.1 Å². The lowest BCUT2D eigenvalue weighted by atomic mass is 10.0. The maximum Gasteiger partial charge on any atom is 0.354 e. The van der Waals surface area contributed by atoms with Crippen molar-refractivity contribution in [1.29, 1.82) is 0 Å². The van der Waals surface area contributed by atoms with Gasteiger partial charge in [0.25, 0.3) is 0 Å². The molecule has 0 aromatic heterocycles. The highest BCUT2D eigenvalue weighted by Gasteiger charge is 2.12. The molecule has 0 atom stereocenters. The van der Waals surface area contributed by atoms with E-state index in [9.17, 15) is 4.79 Å². The fourth-order valence-electron chi connectivity index (χ4n) is 1.17. The molecule has 0 radical (unpaired) electrons. The van der Waals surface area contributed by atoms with Crippen molar-refractivity contribution in [1.82, 2.24) is 0 Å². The maximum atomic E-state index is 10.8. The minimum absolute atomic E-state index is 0.109. The highest BCUT2D eigenvalue weighted by atomic mass is 16.4. The molecule has 0 saturated carbocycles. The van der Waals surface area contributed by atoms with Gasteiger partial charge in [-0.1, -0.05) is 24.3 Å². The van der Waals surface area contributed by atoms with Crippen LogP contribution in [0.5, 0.6) is 0 Å². The van der Waals surface area contributed by atoms with Crippen LogP contribution in [0.15, 0.2) is 29.3 Å². The number of benzene rings is 1. The Morgan fingerprint density at radius 3 is 2.46 bits per heavy atom. The largest absolute Gasteiger partial charge is 0.477 e. The minimum atomic E-state index is -0.989. The summed E-state index contributed by atoms with van der Waals surface area (Å²) in [4.78, 5) is 14.5. The van der Waals surface area contributed by atoms with Crippen LogP contribution in [0.2, 0.25) is 0 Å². The SMILES string of the molecule is CN=C(C(=O)O)c1ccccc1C. The monoisotopic (exact) mass is 177 g/mol. The molecule has 1 aromatic rings. The van der Waals surface area contributed by atoms with Crippen molar-refractivity contribution >= 4 is 11.7 Å². The van der Waals surface area contributed by atoms with Crippen molar-refractivity contribution in [2.75, 3.05) is 7.05 Å². The lowest BCUT2D eigenvalue weighted by Gasteiger charge is -2.03. The van der Waals surface area contributed by atoms with E-state index in [1.807, 2.05) is 19.1 Å². The van der Waals surface area contributed by atoms with Crippen LogP contribution in [0.1, 0.15) is 11.1 Å². The molecule has 0 heterocycles. The molecule has 0 aliphatic heterocycles. The molecular formula is C10H11NO2. The lowest BCUT2D eigenvalue weighted by molar-refractivity contribution is -0.129. The summed E-state index contributed by atoms with van der Waals surface area (Å²) >= 11 is 0. The predicted molar refractivity (Wildman–Crippen MR) is 51.3 cm³/mol. The summed E-state index contributed by atoms with van der Waals surface area (Å²) in [6, 6.07) is 7.29. The Bertz CT molecular complexity index is 356. The highest BCUT2D eigenvalue weighted by molar-refractivity contribution is 6.42. The van der Waals surface area contributed by atoms with Crippen LogP contribution in [0.25, 0.3) is 0 Å². The number of hydrogen-bond donors (Lipinski definition) is 1. The van der Waals surface area contributed by atoms with Crippen molar-refractivity contribution in [2.24, 2.45) is 4.99 Å². The Kier molecular flexibility index (Phi) is 2.80.